The summed E-state index contributed by atoms with van der Waals surface area (Å²) in [4.78, 5) is 0. The first kappa shape index (κ1) is 34.0. The Morgan fingerprint density at radius 3 is 1.38 bits per heavy atom. The van der Waals surface area contributed by atoms with Gasteiger partial charge in [-0.1, -0.05) is 71.4 Å². The smallest absolute Gasteiger partial charge is 0.399 e. The Balaban J connectivity index is 0.00000131. The zero-order chi connectivity index (χ0) is 27.4. The van der Waals surface area contributed by atoms with E-state index < -0.39 is 7.12 Å². The van der Waals surface area contributed by atoms with Crippen molar-refractivity contribution in [3.8, 4) is 22.3 Å². The molecule has 0 unspecified atom stereocenters. The topological polar surface area (TPSA) is 18.5 Å². The second-order valence-corrected chi connectivity index (χ2v) is 10.4. The maximum Gasteiger partial charge on any atom is 0.494 e. The first-order valence-electron chi connectivity index (χ1n) is 13.5. The van der Waals surface area contributed by atoms with E-state index in [1.54, 1.807) is 0 Å². The van der Waals surface area contributed by atoms with E-state index in [4.69, 9.17) is 9.31 Å². The minimum absolute atomic E-state index is 0. The summed E-state index contributed by atoms with van der Waals surface area (Å²) < 4.78 is 12.9. The molecule has 1 heterocycles. The Hall–Kier alpha value is -0.991. The van der Waals surface area contributed by atoms with Gasteiger partial charge in [0.2, 0.25) is 0 Å². The molecule has 0 spiro atoms. The average Bonchev–Trinajstić information content (AvgIpc) is 3.02. The van der Waals surface area contributed by atoms with Crippen LogP contribution < -0.4 is 5.46 Å². The van der Waals surface area contributed by atoms with Gasteiger partial charge in [-0.05, 0) is 87.8 Å². The quantitative estimate of drug-likeness (QED) is 0.214. The fraction of sp³-hybridized carbons (Fsp3) is 0.455. The van der Waals surface area contributed by atoms with Crippen molar-refractivity contribution >= 4 is 12.6 Å². The number of rotatable bonds is 3. The van der Waals surface area contributed by atoms with E-state index in [-0.39, 0.29) is 52.5 Å². The van der Waals surface area contributed by atoms with Gasteiger partial charge in [-0.2, -0.15) is 29.3 Å². The number of hydrogen-bond donors (Lipinski definition) is 0. The van der Waals surface area contributed by atoms with Gasteiger partial charge in [0.15, 0.2) is 0 Å². The molecule has 0 saturated carbocycles. The molecule has 1 aliphatic heterocycles. The van der Waals surface area contributed by atoms with Crippen molar-refractivity contribution < 1.29 is 50.6 Å². The molecular formula is C33H46BO2Pr-. The van der Waals surface area contributed by atoms with Crippen LogP contribution in [0.2, 0.25) is 0 Å². The summed E-state index contributed by atoms with van der Waals surface area (Å²) in [5, 5.41) is 0. The van der Waals surface area contributed by atoms with Gasteiger partial charge in [-0.25, -0.2) is 0 Å². The molecule has 0 atom stereocenters. The van der Waals surface area contributed by atoms with E-state index in [2.05, 4.69) is 111 Å². The normalized spacial score (nSPS) is 15.1. The van der Waals surface area contributed by atoms with Gasteiger partial charge >= 0.3 is 7.12 Å². The molecule has 0 N–H and O–H groups in total. The zero-order valence-electron chi connectivity index (χ0n) is 25.5. The predicted octanol–water partition coefficient (Wildman–Crippen LogP) is 8.71. The molecule has 3 aromatic carbocycles. The summed E-state index contributed by atoms with van der Waals surface area (Å²) >= 11 is 0. The molecule has 1 saturated heterocycles. The van der Waals surface area contributed by atoms with Gasteiger partial charge < -0.3 is 9.31 Å². The van der Waals surface area contributed by atoms with Crippen LogP contribution in [-0.4, -0.2) is 18.3 Å². The van der Waals surface area contributed by atoms with Crippen molar-refractivity contribution in [2.75, 3.05) is 0 Å². The molecule has 2 nitrogen and oxygen atoms in total. The molecule has 0 bridgehead atoms. The van der Waals surface area contributed by atoms with Gasteiger partial charge in [-0.15, -0.1) is 5.56 Å². The summed E-state index contributed by atoms with van der Waals surface area (Å²) in [6, 6.07) is 18.7. The van der Waals surface area contributed by atoms with Gasteiger partial charge in [0.1, 0.15) is 0 Å². The summed E-state index contributed by atoms with van der Waals surface area (Å²) in [7, 11) is -0.402. The van der Waals surface area contributed by atoms with Gasteiger partial charge in [0.05, 0.1) is 11.2 Å². The Labute approximate surface area is 261 Å². The van der Waals surface area contributed by atoms with Crippen molar-refractivity contribution in [1.82, 2.24) is 0 Å². The van der Waals surface area contributed by atoms with Crippen molar-refractivity contribution in [1.29, 1.82) is 0 Å². The summed E-state index contributed by atoms with van der Waals surface area (Å²) in [6.45, 7) is 27.3. The summed E-state index contributed by atoms with van der Waals surface area (Å²) in [6.07, 6.45) is 0. The maximum atomic E-state index is 6.44. The largest absolute Gasteiger partial charge is 0.494 e. The monoisotopic (exact) mass is 626 g/mol. The van der Waals surface area contributed by atoms with Crippen LogP contribution >= 0.6 is 0 Å². The Bertz CT molecular complexity index is 1140. The second-order valence-electron chi connectivity index (χ2n) is 10.4. The standard InChI is InChI=1S/C29H34BO2.2C2H6.Pr/c1-18-13-21(4)27(22(5)14-18)24-15-23(26-19(2)11-10-12-20(26)3)16-25(17-24)30-31-28(6,7)29(8,9)32-30;2*1-2;/h11-17H,1-9H3;2*1-2H3;/q-1;;;. The van der Waals surface area contributed by atoms with Crippen LogP contribution in [0.5, 0.6) is 0 Å². The predicted molar refractivity (Wildman–Crippen MR) is 158 cm³/mol. The first-order chi connectivity index (χ1) is 16.9. The minimum atomic E-state index is -0.402. The summed E-state index contributed by atoms with van der Waals surface area (Å²) in [5.41, 5.74) is 11.5. The van der Waals surface area contributed by atoms with Crippen LogP contribution in [0.4, 0.5) is 0 Å². The number of aryl methyl sites for hydroxylation is 5. The maximum absolute atomic E-state index is 6.44. The van der Waals surface area contributed by atoms with Crippen LogP contribution in [0.1, 0.15) is 83.2 Å². The van der Waals surface area contributed by atoms with E-state index in [0.29, 0.717) is 0 Å². The fourth-order valence-corrected chi connectivity index (χ4v) is 4.89. The van der Waals surface area contributed by atoms with Crippen LogP contribution in [0.3, 0.4) is 0 Å². The van der Waals surface area contributed by atoms with Gasteiger partial charge in [0.25, 0.3) is 0 Å². The molecule has 0 aromatic heterocycles. The van der Waals surface area contributed by atoms with Crippen LogP contribution in [0.15, 0.2) is 42.5 Å². The van der Waals surface area contributed by atoms with Crippen molar-refractivity contribution in [3.05, 3.63) is 76.3 Å². The molecule has 4 heteroatoms. The molecule has 197 valence electrons. The first-order valence-corrected chi connectivity index (χ1v) is 13.5. The van der Waals surface area contributed by atoms with Crippen molar-refractivity contribution in [2.45, 2.75) is 101 Å². The second kappa shape index (κ2) is 13.9. The Morgan fingerprint density at radius 2 is 0.973 bits per heavy atom. The third-order valence-electron chi connectivity index (χ3n) is 7.12. The molecule has 4 rings (SSSR count). The van der Waals surface area contributed by atoms with E-state index in [0.717, 1.165) is 5.46 Å². The average molecular weight is 626 g/mol. The molecule has 3 aromatic rings. The van der Waals surface area contributed by atoms with Crippen molar-refractivity contribution in [2.24, 2.45) is 0 Å². The SMILES string of the molecule is CC.CC.Cc1cc(C)c(-c2cc(B3OC(C)(C)C(C)(C)O3)cc(-c3c(C)c[c-]cc3C)c2)c(C)c1.[Pr]. The summed E-state index contributed by atoms with van der Waals surface area (Å²) in [5.74, 6) is 0. The fourth-order valence-electron chi connectivity index (χ4n) is 4.89. The van der Waals surface area contributed by atoms with Crippen molar-refractivity contribution in [3.63, 3.8) is 0 Å². The Kier molecular flexibility index (Phi) is 12.8. The zero-order valence-corrected chi connectivity index (χ0v) is 29.2. The Morgan fingerprint density at radius 1 is 0.595 bits per heavy atom. The van der Waals surface area contributed by atoms with E-state index in [9.17, 15) is 0 Å². The number of hydrogen-bond acceptors (Lipinski definition) is 2. The van der Waals surface area contributed by atoms with Gasteiger partial charge in [-0.3, -0.25) is 0 Å². The third-order valence-corrected chi connectivity index (χ3v) is 7.12. The molecule has 1 radical (unpaired) electrons. The van der Waals surface area contributed by atoms with E-state index in [1.807, 2.05) is 27.7 Å². The molecular weight excluding hydrogens is 580 g/mol. The van der Waals surface area contributed by atoms with E-state index in [1.165, 1.54) is 50.1 Å². The minimum Gasteiger partial charge on any atom is -0.399 e. The van der Waals surface area contributed by atoms with Gasteiger partial charge in [0, 0.05) is 41.3 Å². The van der Waals surface area contributed by atoms with Crippen LogP contribution in [0.25, 0.3) is 22.3 Å². The molecule has 0 amide bonds. The molecule has 1 fully saturated rings. The van der Waals surface area contributed by atoms with Crippen LogP contribution in [-0.2, 0) is 9.31 Å². The van der Waals surface area contributed by atoms with E-state index >= 15 is 0 Å². The molecule has 0 aliphatic carbocycles. The molecule has 37 heavy (non-hydrogen) atoms. The number of benzene rings is 3. The van der Waals surface area contributed by atoms with Crippen LogP contribution in [0, 0.1) is 82.0 Å². The molecule has 1 aliphatic rings. The third kappa shape index (κ3) is 7.36.